The molecule has 1 saturated carbocycles. The Morgan fingerprint density at radius 3 is 2.82 bits per heavy atom. The highest BCUT2D eigenvalue weighted by Crippen LogP contribution is 2.33. The lowest BCUT2D eigenvalue weighted by atomic mass is 10.1. The third kappa shape index (κ3) is 3.28. The third-order valence-electron chi connectivity index (χ3n) is 3.27. The van der Waals surface area contributed by atoms with E-state index in [1.54, 1.807) is 25.1 Å². The average Bonchev–Trinajstić information content (AvgIpc) is 3.28. The van der Waals surface area contributed by atoms with Gasteiger partial charge in [-0.05, 0) is 38.0 Å². The molecule has 0 aliphatic heterocycles. The van der Waals surface area contributed by atoms with Gasteiger partial charge in [-0.1, -0.05) is 0 Å². The van der Waals surface area contributed by atoms with E-state index in [4.69, 9.17) is 9.47 Å². The van der Waals surface area contributed by atoms with Gasteiger partial charge in [-0.2, -0.15) is 0 Å². The number of carboxylic acids is 1. The van der Waals surface area contributed by atoms with Crippen molar-refractivity contribution in [3.63, 3.8) is 0 Å². The van der Waals surface area contributed by atoms with E-state index in [0.717, 1.165) is 12.8 Å². The number of fused-ring (bicyclic) bond motifs is 1. The molecule has 0 bridgehead atoms. The lowest BCUT2D eigenvalue weighted by Gasteiger charge is -2.12. The van der Waals surface area contributed by atoms with Crippen molar-refractivity contribution in [2.24, 2.45) is 0 Å². The van der Waals surface area contributed by atoms with Gasteiger partial charge < -0.3 is 19.7 Å². The van der Waals surface area contributed by atoms with Gasteiger partial charge in [0, 0.05) is 11.5 Å². The number of hydrogen-bond acceptors (Lipinski definition) is 5. The molecule has 1 fully saturated rings. The van der Waals surface area contributed by atoms with Gasteiger partial charge in [0.1, 0.15) is 17.9 Å². The van der Waals surface area contributed by atoms with Crippen LogP contribution in [0.4, 0.5) is 0 Å². The monoisotopic (exact) mass is 303 g/mol. The maximum atomic E-state index is 11.2. The zero-order chi connectivity index (χ0) is 15.7. The number of benzene rings is 1. The van der Waals surface area contributed by atoms with Crippen molar-refractivity contribution in [3.05, 3.63) is 29.8 Å². The van der Waals surface area contributed by atoms with Crippen LogP contribution in [0.25, 0.3) is 10.9 Å². The van der Waals surface area contributed by atoms with E-state index >= 15 is 0 Å². The Kier molecular flexibility index (Phi) is 3.85. The molecule has 6 nitrogen and oxygen atoms in total. The van der Waals surface area contributed by atoms with Crippen molar-refractivity contribution in [2.45, 2.75) is 32.0 Å². The quantitative estimate of drug-likeness (QED) is 0.850. The molecule has 2 N–H and O–H groups in total. The molecule has 22 heavy (non-hydrogen) atoms. The Balaban J connectivity index is 2.00. The molecule has 1 aliphatic carbocycles. The number of aromatic nitrogens is 1. The van der Waals surface area contributed by atoms with Crippen LogP contribution in [0.15, 0.2) is 24.3 Å². The molecular weight excluding hydrogens is 286 g/mol. The first-order chi connectivity index (χ1) is 10.5. The first-order valence-electron chi connectivity index (χ1n) is 7.18. The first kappa shape index (κ1) is 14.6. The van der Waals surface area contributed by atoms with Crippen LogP contribution in [0.5, 0.6) is 11.6 Å². The Bertz CT molecular complexity index is 709. The Morgan fingerprint density at radius 1 is 1.41 bits per heavy atom. The molecular formula is C16H17NO5. The minimum absolute atomic E-state index is 0.135. The number of aliphatic hydroxyl groups excluding tert-OH is 1. The van der Waals surface area contributed by atoms with E-state index in [1.807, 2.05) is 0 Å². The van der Waals surface area contributed by atoms with Crippen LogP contribution in [-0.2, 0) is 0 Å². The molecule has 6 heteroatoms. The number of ether oxygens (including phenoxy) is 2. The Hall–Kier alpha value is -2.34. The molecule has 0 unspecified atom stereocenters. The van der Waals surface area contributed by atoms with Gasteiger partial charge in [0.15, 0.2) is 0 Å². The summed E-state index contributed by atoms with van der Waals surface area (Å²) >= 11 is 0. The van der Waals surface area contributed by atoms with E-state index in [9.17, 15) is 15.0 Å². The highest BCUT2D eigenvalue weighted by atomic mass is 16.5. The standard InChI is InChI=1S/C16H17NO5/c1-9(18)8-21-14-5-2-10-6-11(16(19)20)7-13(15(10)17-14)22-12-3-4-12/h2,5-7,9,12,18H,3-4,8H2,1H3,(H,19,20)/t9-/m1/s1. The molecule has 1 atom stereocenters. The molecule has 1 aromatic heterocycles. The average molecular weight is 303 g/mol. The molecule has 3 rings (SSSR count). The van der Waals surface area contributed by atoms with Crippen LogP contribution in [0.3, 0.4) is 0 Å². The van der Waals surface area contributed by atoms with Crippen molar-refractivity contribution >= 4 is 16.9 Å². The largest absolute Gasteiger partial charge is 0.488 e. The number of nitrogens with zero attached hydrogens (tertiary/aromatic N) is 1. The van der Waals surface area contributed by atoms with Crippen molar-refractivity contribution < 1.29 is 24.5 Å². The second-order valence-corrected chi connectivity index (χ2v) is 5.48. The zero-order valence-corrected chi connectivity index (χ0v) is 12.2. The molecule has 116 valence electrons. The summed E-state index contributed by atoms with van der Waals surface area (Å²) in [5.74, 6) is -0.172. The normalized spacial score (nSPS) is 15.5. The molecule has 1 heterocycles. The van der Waals surface area contributed by atoms with E-state index in [1.165, 1.54) is 6.07 Å². The Labute approximate surface area is 127 Å². The van der Waals surface area contributed by atoms with Crippen molar-refractivity contribution in [2.75, 3.05) is 6.61 Å². The second kappa shape index (κ2) is 5.81. The number of carboxylic acid groups (broad SMARTS) is 1. The summed E-state index contributed by atoms with van der Waals surface area (Å²) in [6.07, 6.45) is 1.48. The summed E-state index contributed by atoms with van der Waals surface area (Å²) < 4.78 is 11.2. The molecule has 0 saturated heterocycles. The number of pyridine rings is 1. The van der Waals surface area contributed by atoms with Gasteiger partial charge in [0.25, 0.3) is 0 Å². The summed E-state index contributed by atoms with van der Waals surface area (Å²) in [6.45, 7) is 1.77. The SMILES string of the molecule is C[C@@H](O)COc1ccc2cc(C(=O)O)cc(OC3CC3)c2n1. The zero-order valence-electron chi connectivity index (χ0n) is 12.2. The maximum absolute atomic E-state index is 11.2. The van der Waals surface area contributed by atoms with Crippen LogP contribution in [0.1, 0.15) is 30.1 Å². The summed E-state index contributed by atoms with van der Waals surface area (Å²) in [6, 6.07) is 6.44. The number of aliphatic hydroxyl groups is 1. The molecule has 1 aromatic carbocycles. The number of carbonyl (C=O) groups is 1. The van der Waals surface area contributed by atoms with Crippen LogP contribution >= 0.6 is 0 Å². The predicted octanol–water partition coefficient (Wildman–Crippen LogP) is 2.23. The van der Waals surface area contributed by atoms with Crippen LogP contribution in [0.2, 0.25) is 0 Å². The summed E-state index contributed by atoms with van der Waals surface area (Å²) in [5.41, 5.74) is 0.739. The van der Waals surface area contributed by atoms with Crippen LogP contribution in [-0.4, -0.2) is 40.0 Å². The Morgan fingerprint density at radius 2 is 2.18 bits per heavy atom. The summed E-state index contributed by atoms with van der Waals surface area (Å²) in [4.78, 5) is 15.6. The van der Waals surface area contributed by atoms with Gasteiger partial charge in [0.05, 0.1) is 17.8 Å². The summed E-state index contributed by atoms with van der Waals surface area (Å²) in [7, 11) is 0. The molecule has 2 aromatic rings. The molecule has 1 aliphatic rings. The third-order valence-corrected chi connectivity index (χ3v) is 3.27. The van der Waals surface area contributed by atoms with Gasteiger partial charge in [-0.25, -0.2) is 9.78 Å². The lowest BCUT2D eigenvalue weighted by molar-refractivity contribution is 0.0696. The van der Waals surface area contributed by atoms with Gasteiger partial charge in [0.2, 0.25) is 5.88 Å². The highest BCUT2D eigenvalue weighted by molar-refractivity contribution is 5.96. The first-order valence-corrected chi connectivity index (χ1v) is 7.18. The number of hydrogen-bond donors (Lipinski definition) is 2. The van der Waals surface area contributed by atoms with E-state index in [0.29, 0.717) is 22.5 Å². The van der Waals surface area contributed by atoms with Crippen LogP contribution < -0.4 is 9.47 Å². The van der Waals surface area contributed by atoms with Crippen LogP contribution in [0, 0.1) is 0 Å². The van der Waals surface area contributed by atoms with Gasteiger partial charge in [-0.15, -0.1) is 0 Å². The minimum atomic E-state index is -1.00. The molecule has 0 spiro atoms. The lowest BCUT2D eigenvalue weighted by Crippen LogP contribution is -2.13. The predicted molar refractivity (Wildman–Crippen MR) is 79.5 cm³/mol. The van der Waals surface area contributed by atoms with E-state index in [2.05, 4.69) is 4.98 Å². The topological polar surface area (TPSA) is 88.9 Å². The molecule has 0 amide bonds. The van der Waals surface area contributed by atoms with E-state index in [-0.39, 0.29) is 18.3 Å². The highest BCUT2D eigenvalue weighted by Gasteiger charge is 2.25. The number of aromatic carboxylic acids is 1. The van der Waals surface area contributed by atoms with Crippen molar-refractivity contribution in [1.82, 2.24) is 4.98 Å². The van der Waals surface area contributed by atoms with E-state index < -0.39 is 12.1 Å². The minimum Gasteiger partial charge on any atom is -0.488 e. The van der Waals surface area contributed by atoms with Crippen molar-refractivity contribution in [3.8, 4) is 11.6 Å². The fourth-order valence-electron chi connectivity index (χ4n) is 2.05. The van der Waals surface area contributed by atoms with Crippen molar-refractivity contribution in [1.29, 1.82) is 0 Å². The second-order valence-electron chi connectivity index (χ2n) is 5.48. The maximum Gasteiger partial charge on any atom is 0.335 e. The fourth-order valence-corrected chi connectivity index (χ4v) is 2.05. The molecule has 0 radical (unpaired) electrons. The van der Waals surface area contributed by atoms with Gasteiger partial charge >= 0.3 is 5.97 Å². The fraction of sp³-hybridized carbons (Fsp3) is 0.375. The smallest absolute Gasteiger partial charge is 0.335 e. The van der Waals surface area contributed by atoms with Gasteiger partial charge in [-0.3, -0.25) is 0 Å². The summed E-state index contributed by atoms with van der Waals surface area (Å²) in [5, 5.41) is 19.1. The number of rotatable bonds is 6.